The van der Waals surface area contributed by atoms with E-state index in [0.29, 0.717) is 27.8 Å². The maximum atomic E-state index is 12.4. The Bertz CT molecular complexity index is 1630. The number of ether oxygens (including phenoxy) is 1. The zero-order chi connectivity index (χ0) is 29.1. The summed E-state index contributed by atoms with van der Waals surface area (Å²) in [4.78, 5) is 29.0. The third-order valence-electron chi connectivity index (χ3n) is 5.48. The molecule has 0 fully saturated rings. The number of benzene rings is 2. The molecule has 0 bridgehead atoms. The summed E-state index contributed by atoms with van der Waals surface area (Å²) < 4.78 is 6.24. The van der Waals surface area contributed by atoms with Gasteiger partial charge in [-0.1, -0.05) is 41.6 Å². The number of nitrogens with zero attached hydrogens (tertiary/aromatic N) is 1. The fourth-order valence-electron chi connectivity index (χ4n) is 3.78. The van der Waals surface area contributed by atoms with Crippen LogP contribution < -0.4 is 21.7 Å². The van der Waals surface area contributed by atoms with Crippen LogP contribution in [0.15, 0.2) is 60.1 Å². The highest BCUT2D eigenvalue weighted by Gasteiger charge is 2.23. The number of nitrogen functional groups attached to an aromatic ring is 1. The van der Waals surface area contributed by atoms with Crippen molar-refractivity contribution in [2.75, 3.05) is 16.4 Å². The Hall–Kier alpha value is -4.26. The van der Waals surface area contributed by atoms with Gasteiger partial charge < -0.3 is 26.4 Å². The minimum absolute atomic E-state index is 0.378. The molecule has 0 saturated carbocycles. The van der Waals surface area contributed by atoms with Crippen LogP contribution in [0.25, 0.3) is 21.2 Å². The van der Waals surface area contributed by atoms with Crippen molar-refractivity contribution in [2.45, 2.75) is 45.8 Å². The molecule has 0 aliphatic rings. The molecule has 0 aliphatic heterocycles. The van der Waals surface area contributed by atoms with E-state index in [1.165, 1.54) is 11.3 Å². The van der Waals surface area contributed by atoms with Crippen LogP contribution in [-0.4, -0.2) is 28.2 Å². The molecule has 0 spiro atoms. The molecule has 206 valence electrons. The molecule has 0 unspecified atom stereocenters. The van der Waals surface area contributed by atoms with Crippen LogP contribution in [-0.2, 0) is 4.74 Å². The van der Waals surface area contributed by atoms with Crippen LogP contribution in [0, 0.1) is 11.8 Å². The average molecular weight is 576 g/mol. The molecule has 5 N–H and O–H groups in total. The van der Waals surface area contributed by atoms with Crippen molar-refractivity contribution < 1.29 is 14.3 Å². The van der Waals surface area contributed by atoms with E-state index < -0.39 is 17.2 Å². The summed E-state index contributed by atoms with van der Waals surface area (Å²) >= 11 is 7.49. The van der Waals surface area contributed by atoms with E-state index in [1.54, 1.807) is 65.1 Å². The first-order valence-corrected chi connectivity index (χ1v) is 13.7. The van der Waals surface area contributed by atoms with Gasteiger partial charge in [0.05, 0.1) is 15.8 Å². The van der Waals surface area contributed by atoms with Crippen molar-refractivity contribution in [3.63, 3.8) is 0 Å². The van der Waals surface area contributed by atoms with Crippen LogP contribution in [0.4, 0.5) is 26.8 Å². The zero-order valence-electron chi connectivity index (χ0n) is 22.8. The third-order valence-corrected chi connectivity index (χ3v) is 6.73. The van der Waals surface area contributed by atoms with Crippen molar-refractivity contribution in [1.82, 2.24) is 10.3 Å². The van der Waals surface area contributed by atoms with E-state index in [1.807, 2.05) is 29.6 Å². The summed E-state index contributed by atoms with van der Waals surface area (Å²) in [7, 11) is 0. The number of nitrogens with one attached hydrogen (secondary N) is 3. The van der Waals surface area contributed by atoms with Crippen molar-refractivity contribution >= 4 is 62.3 Å². The summed E-state index contributed by atoms with van der Waals surface area (Å²) in [5.41, 5.74) is 8.60. The number of anilines is 3. The minimum atomic E-state index is -0.835. The number of thiophene rings is 1. The molecule has 4 aromatic rings. The molecule has 40 heavy (non-hydrogen) atoms. The van der Waals surface area contributed by atoms with Crippen molar-refractivity contribution in [3.8, 4) is 23.0 Å². The van der Waals surface area contributed by atoms with Gasteiger partial charge in [0, 0.05) is 33.5 Å². The second kappa shape index (κ2) is 11.5. The number of carbonyl (C=O) groups excluding carboxylic acids is 2. The predicted octanol–water partition coefficient (Wildman–Crippen LogP) is 7.50. The number of amides is 3. The van der Waals surface area contributed by atoms with E-state index in [2.05, 4.69) is 32.8 Å². The van der Waals surface area contributed by atoms with E-state index in [0.717, 1.165) is 21.2 Å². The van der Waals surface area contributed by atoms with Crippen LogP contribution in [0.1, 0.15) is 40.2 Å². The molecule has 0 atom stereocenters. The number of alkyl carbamates (subject to hydrolysis) is 1. The number of hydrogen-bond donors (Lipinski definition) is 4. The molecule has 2 heterocycles. The molecule has 2 aromatic carbocycles. The first-order valence-electron chi connectivity index (χ1n) is 12.4. The van der Waals surface area contributed by atoms with Gasteiger partial charge in [0.25, 0.3) is 0 Å². The van der Waals surface area contributed by atoms with Crippen molar-refractivity contribution in [3.05, 3.63) is 70.7 Å². The highest BCUT2D eigenvalue weighted by molar-refractivity contribution is 7.18. The van der Waals surface area contributed by atoms with Crippen LogP contribution in [0.3, 0.4) is 0 Å². The van der Waals surface area contributed by atoms with Gasteiger partial charge in [0.2, 0.25) is 0 Å². The predicted molar refractivity (Wildman–Crippen MR) is 164 cm³/mol. The molecular formula is C30H30ClN5O3S. The van der Waals surface area contributed by atoms with Crippen LogP contribution in [0.5, 0.6) is 0 Å². The summed E-state index contributed by atoms with van der Waals surface area (Å²) in [5.74, 6) is 6.66. The first-order chi connectivity index (χ1) is 18.8. The Labute approximate surface area is 242 Å². The molecular weight excluding hydrogens is 546 g/mol. The Kier molecular flexibility index (Phi) is 8.24. The maximum Gasteiger partial charge on any atom is 0.408 e. The molecule has 0 saturated heterocycles. The number of pyridine rings is 1. The summed E-state index contributed by atoms with van der Waals surface area (Å²) in [5, 5.41) is 11.7. The van der Waals surface area contributed by atoms with Gasteiger partial charge in [-0.2, -0.15) is 0 Å². The SMILES string of the molecule is CC(C)(C#Cc1cnc(N)c2c(-c3ccc(NC(=O)Nc4cccc(Cl)c4)cc3)csc12)NC(=O)OC(C)(C)C. The highest BCUT2D eigenvalue weighted by Crippen LogP contribution is 2.38. The molecule has 10 heteroatoms. The molecule has 0 radical (unpaired) electrons. The monoisotopic (exact) mass is 575 g/mol. The highest BCUT2D eigenvalue weighted by atomic mass is 35.5. The number of carbonyl (C=O) groups is 2. The van der Waals surface area contributed by atoms with Crippen molar-refractivity contribution in [1.29, 1.82) is 0 Å². The average Bonchev–Trinajstić information content (AvgIpc) is 3.29. The first kappa shape index (κ1) is 28.7. The number of urea groups is 1. The molecule has 0 aliphatic carbocycles. The van der Waals surface area contributed by atoms with Crippen LogP contribution >= 0.6 is 22.9 Å². The topological polar surface area (TPSA) is 118 Å². The van der Waals surface area contributed by atoms with Gasteiger partial charge in [0.1, 0.15) is 11.4 Å². The lowest BCUT2D eigenvalue weighted by molar-refractivity contribution is 0.0494. The Balaban J connectivity index is 1.52. The third kappa shape index (κ3) is 7.44. The fraction of sp³-hybridized carbons (Fsp3) is 0.233. The largest absolute Gasteiger partial charge is 0.444 e. The van der Waals surface area contributed by atoms with Gasteiger partial charge in [-0.15, -0.1) is 11.3 Å². The van der Waals surface area contributed by atoms with E-state index in [-0.39, 0.29) is 6.03 Å². The van der Waals surface area contributed by atoms with Gasteiger partial charge >= 0.3 is 12.1 Å². The quantitative estimate of drug-likeness (QED) is 0.188. The Morgan fingerprint density at radius 3 is 2.40 bits per heavy atom. The van der Waals surface area contributed by atoms with E-state index in [4.69, 9.17) is 22.1 Å². The molecule has 8 nitrogen and oxygen atoms in total. The fourth-order valence-corrected chi connectivity index (χ4v) is 5.02. The standard InChI is InChI=1S/C30H30ClN5O3S/c1-29(2,3)39-28(38)36-30(4,5)14-13-19-16-33-26(32)24-23(17-40-25(19)24)18-9-11-21(12-10-18)34-27(37)35-22-8-6-7-20(31)15-22/h6-12,15-17H,1-5H3,(H2,32,33)(H,36,38)(H2,34,35,37). The Morgan fingerprint density at radius 2 is 1.73 bits per heavy atom. The zero-order valence-corrected chi connectivity index (χ0v) is 24.4. The normalized spacial score (nSPS) is 11.3. The number of nitrogens with two attached hydrogens (primary N) is 1. The van der Waals surface area contributed by atoms with Gasteiger partial charge in [-0.3, -0.25) is 0 Å². The number of rotatable bonds is 4. The lowest BCUT2D eigenvalue weighted by atomic mass is 10.0. The second-order valence-corrected chi connectivity index (χ2v) is 11.9. The summed E-state index contributed by atoms with van der Waals surface area (Å²) in [6.45, 7) is 9.02. The van der Waals surface area contributed by atoms with E-state index >= 15 is 0 Å². The van der Waals surface area contributed by atoms with E-state index in [9.17, 15) is 9.59 Å². The number of fused-ring (bicyclic) bond motifs is 1. The van der Waals surface area contributed by atoms with Gasteiger partial charge in [-0.05, 0) is 75.9 Å². The summed E-state index contributed by atoms with van der Waals surface area (Å²) in [6, 6.07) is 14.0. The van der Waals surface area contributed by atoms with Crippen LogP contribution in [0.2, 0.25) is 5.02 Å². The van der Waals surface area contributed by atoms with Crippen molar-refractivity contribution in [2.24, 2.45) is 0 Å². The van der Waals surface area contributed by atoms with Gasteiger partial charge in [-0.25, -0.2) is 14.6 Å². The molecule has 4 rings (SSSR count). The maximum absolute atomic E-state index is 12.4. The lowest BCUT2D eigenvalue weighted by Crippen LogP contribution is -2.44. The molecule has 2 aromatic heterocycles. The number of halogens is 1. The second-order valence-electron chi connectivity index (χ2n) is 10.6. The number of aromatic nitrogens is 1. The molecule has 3 amide bonds. The number of hydrogen-bond acceptors (Lipinski definition) is 6. The smallest absolute Gasteiger partial charge is 0.408 e. The lowest BCUT2D eigenvalue weighted by Gasteiger charge is -2.24. The Morgan fingerprint density at radius 1 is 1.02 bits per heavy atom. The minimum Gasteiger partial charge on any atom is -0.444 e. The summed E-state index contributed by atoms with van der Waals surface area (Å²) in [6.07, 6.45) is 1.10. The van der Waals surface area contributed by atoms with Gasteiger partial charge in [0.15, 0.2) is 0 Å².